The van der Waals surface area contributed by atoms with Gasteiger partial charge in [-0.25, -0.2) is 0 Å². The number of carbonyl (C=O) groups excluding carboxylic acids is 1. The van der Waals surface area contributed by atoms with Crippen LogP contribution in [0.15, 0.2) is 24.3 Å². The molecule has 0 aromatic heterocycles. The highest BCUT2D eigenvalue weighted by atomic mass is 16.6. The van der Waals surface area contributed by atoms with E-state index in [1.165, 1.54) is 7.11 Å². The summed E-state index contributed by atoms with van der Waals surface area (Å²) in [5, 5.41) is 13.2. The van der Waals surface area contributed by atoms with Crippen molar-refractivity contribution in [1.82, 2.24) is 5.32 Å². The number of rotatable bonds is 7. The van der Waals surface area contributed by atoms with Crippen LogP contribution in [-0.2, 0) is 20.7 Å². The number of aliphatic hydroxyl groups is 1. The summed E-state index contributed by atoms with van der Waals surface area (Å²) >= 11 is 0. The largest absolute Gasteiger partial charge is 0.497 e. The summed E-state index contributed by atoms with van der Waals surface area (Å²) in [6.07, 6.45) is -0.362. The maximum absolute atomic E-state index is 11.7. The van der Waals surface area contributed by atoms with Gasteiger partial charge in [0.1, 0.15) is 18.0 Å². The summed E-state index contributed by atoms with van der Waals surface area (Å²) in [4.78, 5) is 11.7. The van der Waals surface area contributed by atoms with Gasteiger partial charge in [-0.1, -0.05) is 12.1 Å². The number of hydrogen-bond donors (Lipinski definition) is 2. The molecular formula is C16H23NO5. The summed E-state index contributed by atoms with van der Waals surface area (Å²) in [6, 6.07) is 7.61. The van der Waals surface area contributed by atoms with Crippen LogP contribution in [0.1, 0.15) is 12.0 Å². The first-order valence-corrected chi connectivity index (χ1v) is 7.37. The van der Waals surface area contributed by atoms with Gasteiger partial charge < -0.3 is 24.6 Å². The SMILES string of the molecule is COCCC(=O)OC1[C@@H](O)CN[C@@H]1Cc1ccc(OC)cc1. The Morgan fingerprint density at radius 1 is 1.32 bits per heavy atom. The van der Waals surface area contributed by atoms with E-state index in [9.17, 15) is 9.90 Å². The van der Waals surface area contributed by atoms with Gasteiger partial charge in [-0.15, -0.1) is 0 Å². The molecule has 1 unspecified atom stereocenters. The van der Waals surface area contributed by atoms with Gasteiger partial charge in [0.15, 0.2) is 0 Å². The fourth-order valence-corrected chi connectivity index (χ4v) is 2.53. The monoisotopic (exact) mass is 309 g/mol. The molecule has 1 aromatic rings. The van der Waals surface area contributed by atoms with Crippen molar-refractivity contribution < 1.29 is 24.1 Å². The van der Waals surface area contributed by atoms with Crippen LogP contribution in [0.4, 0.5) is 0 Å². The third-order valence-electron chi connectivity index (χ3n) is 3.76. The van der Waals surface area contributed by atoms with Crippen LogP contribution >= 0.6 is 0 Å². The summed E-state index contributed by atoms with van der Waals surface area (Å²) < 4.78 is 15.4. The van der Waals surface area contributed by atoms with Crippen LogP contribution in [-0.4, -0.2) is 56.7 Å². The van der Waals surface area contributed by atoms with Gasteiger partial charge in [0, 0.05) is 13.7 Å². The molecule has 0 spiro atoms. The van der Waals surface area contributed by atoms with Crippen molar-refractivity contribution in [1.29, 1.82) is 0 Å². The molecule has 122 valence electrons. The molecule has 0 aliphatic carbocycles. The number of benzene rings is 1. The zero-order valence-electron chi connectivity index (χ0n) is 13.0. The predicted molar refractivity (Wildman–Crippen MR) is 80.9 cm³/mol. The third-order valence-corrected chi connectivity index (χ3v) is 3.76. The number of nitrogens with one attached hydrogen (secondary N) is 1. The Kier molecular flexibility index (Phi) is 6.18. The zero-order valence-corrected chi connectivity index (χ0v) is 13.0. The van der Waals surface area contributed by atoms with Crippen LogP contribution < -0.4 is 10.1 Å². The lowest BCUT2D eigenvalue weighted by molar-refractivity contribution is -0.155. The Hall–Kier alpha value is -1.63. The number of ether oxygens (including phenoxy) is 3. The summed E-state index contributed by atoms with van der Waals surface area (Å²) in [7, 11) is 3.16. The molecule has 1 aliphatic rings. The van der Waals surface area contributed by atoms with Gasteiger partial charge in [-0.3, -0.25) is 4.79 Å². The first kappa shape index (κ1) is 16.7. The van der Waals surface area contributed by atoms with E-state index in [0.717, 1.165) is 11.3 Å². The normalized spacial score (nSPS) is 24.2. The van der Waals surface area contributed by atoms with Crippen LogP contribution in [0.5, 0.6) is 5.75 Å². The lowest BCUT2D eigenvalue weighted by Gasteiger charge is -2.22. The highest BCUT2D eigenvalue weighted by Gasteiger charge is 2.37. The van der Waals surface area contributed by atoms with Gasteiger partial charge in [0.05, 0.1) is 26.2 Å². The van der Waals surface area contributed by atoms with Crippen molar-refractivity contribution in [2.75, 3.05) is 27.4 Å². The minimum atomic E-state index is -0.685. The average Bonchev–Trinajstić information content (AvgIpc) is 2.87. The second-order valence-electron chi connectivity index (χ2n) is 5.33. The van der Waals surface area contributed by atoms with Crippen LogP contribution in [0, 0.1) is 0 Å². The van der Waals surface area contributed by atoms with Gasteiger partial charge in [0.25, 0.3) is 0 Å². The van der Waals surface area contributed by atoms with Gasteiger partial charge in [-0.05, 0) is 24.1 Å². The zero-order chi connectivity index (χ0) is 15.9. The summed E-state index contributed by atoms with van der Waals surface area (Å²) in [6.45, 7) is 0.737. The molecule has 1 heterocycles. The minimum absolute atomic E-state index is 0.102. The molecule has 1 aromatic carbocycles. The first-order valence-electron chi connectivity index (χ1n) is 7.37. The van der Waals surface area contributed by atoms with E-state index >= 15 is 0 Å². The summed E-state index contributed by atoms with van der Waals surface area (Å²) in [5.74, 6) is 0.444. The topological polar surface area (TPSA) is 77.0 Å². The minimum Gasteiger partial charge on any atom is -0.497 e. The fourth-order valence-electron chi connectivity index (χ4n) is 2.53. The maximum Gasteiger partial charge on any atom is 0.308 e. The second-order valence-corrected chi connectivity index (χ2v) is 5.33. The molecule has 22 heavy (non-hydrogen) atoms. The molecule has 1 fully saturated rings. The Morgan fingerprint density at radius 3 is 2.68 bits per heavy atom. The third kappa shape index (κ3) is 4.43. The average molecular weight is 309 g/mol. The van der Waals surface area contributed by atoms with Crippen molar-refractivity contribution >= 4 is 5.97 Å². The molecule has 6 nitrogen and oxygen atoms in total. The van der Waals surface area contributed by atoms with Crippen LogP contribution in [0.3, 0.4) is 0 Å². The molecular weight excluding hydrogens is 286 g/mol. The number of aliphatic hydroxyl groups excluding tert-OH is 1. The highest BCUT2D eigenvalue weighted by molar-refractivity contribution is 5.69. The molecule has 6 heteroatoms. The van der Waals surface area contributed by atoms with E-state index in [1.54, 1.807) is 7.11 Å². The molecule has 3 atom stereocenters. The number of carbonyl (C=O) groups is 1. The Labute approximate surface area is 130 Å². The van der Waals surface area contributed by atoms with Crippen LogP contribution in [0.2, 0.25) is 0 Å². The van der Waals surface area contributed by atoms with Gasteiger partial charge >= 0.3 is 5.97 Å². The maximum atomic E-state index is 11.7. The van der Waals surface area contributed by atoms with E-state index in [4.69, 9.17) is 14.2 Å². The van der Waals surface area contributed by atoms with Crippen LogP contribution in [0.25, 0.3) is 0 Å². The molecule has 0 radical (unpaired) electrons. The Bertz CT molecular complexity index is 476. The predicted octanol–water partition coefficient (Wildman–Crippen LogP) is 0.519. The number of methoxy groups -OCH3 is 2. The lowest BCUT2D eigenvalue weighted by atomic mass is 10.0. The standard InChI is InChI=1S/C16H23NO5/c1-20-8-7-15(19)22-16-13(17-10-14(16)18)9-11-3-5-12(21-2)6-4-11/h3-6,13-14,16-18H,7-10H2,1-2H3/t13-,14+,16?/m1/s1. The lowest BCUT2D eigenvalue weighted by Crippen LogP contribution is -2.39. The van der Waals surface area contributed by atoms with Crippen molar-refractivity contribution in [3.63, 3.8) is 0 Å². The number of esters is 1. The van der Waals surface area contributed by atoms with Gasteiger partial charge in [-0.2, -0.15) is 0 Å². The van der Waals surface area contributed by atoms with E-state index in [1.807, 2.05) is 24.3 Å². The Morgan fingerprint density at radius 2 is 2.05 bits per heavy atom. The number of β-amino-alcohol motifs (C(OH)–C–C–N with tert-alkyl or cyclic N) is 1. The van der Waals surface area contributed by atoms with E-state index in [0.29, 0.717) is 19.6 Å². The molecule has 1 saturated heterocycles. The van der Waals surface area contributed by atoms with Crippen molar-refractivity contribution in [2.45, 2.75) is 31.1 Å². The van der Waals surface area contributed by atoms with Crippen molar-refractivity contribution in [3.8, 4) is 5.75 Å². The van der Waals surface area contributed by atoms with E-state index < -0.39 is 12.2 Å². The molecule has 0 saturated carbocycles. The molecule has 0 amide bonds. The van der Waals surface area contributed by atoms with E-state index in [-0.39, 0.29) is 18.4 Å². The van der Waals surface area contributed by atoms with Crippen molar-refractivity contribution in [2.24, 2.45) is 0 Å². The Balaban J connectivity index is 1.94. The van der Waals surface area contributed by atoms with Gasteiger partial charge in [0.2, 0.25) is 0 Å². The van der Waals surface area contributed by atoms with Crippen molar-refractivity contribution in [3.05, 3.63) is 29.8 Å². The molecule has 2 rings (SSSR count). The van der Waals surface area contributed by atoms with E-state index in [2.05, 4.69) is 5.32 Å². The highest BCUT2D eigenvalue weighted by Crippen LogP contribution is 2.19. The fraction of sp³-hybridized carbons (Fsp3) is 0.562. The molecule has 1 aliphatic heterocycles. The molecule has 2 N–H and O–H groups in total. The number of hydrogen-bond acceptors (Lipinski definition) is 6. The second kappa shape index (κ2) is 8.12. The smallest absolute Gasteiger partial charge is 0.308 e. The first-order chi connectivity index (χ1) is 10.6. The molecule has 0 bridgehead atoms. The quantitative estimate of drug-likeness (QED) is 0.715. The summed E-state index contributed by atoms with van der Waals surface area (Å²) in [5.41, 5.74) is 1.09.